The van der Waals surface area contributed by atoms with Crippen molar-refractivity contribution in [2.45, 2.75) is 57.2 Å². The first-order valence-electron chi connectivity index (χ1n) is 9.12. The summed E-state index contributed by atoms with van der Waals surface area (Å²) in [6.07, 6.45) is 7.82. The quantitative estimate of drug-likeness (QED) is 0.807. The molecule has 1 saturated heterocycles. The number of nitrogens with one attached hydrogen (secondary N) is 1. The fraction of sp³-hybridized carbons (Fsp3) is 0.500. The van der Waals surface area contributed by atoms with E-state index in [4.69, 9.17) is 0 Å². The molecular formula is C20H26N2O3. The molecule has 5 heteroatoms. The number of hydrogen-bond donors (Lipinski definition) is 2. The molecule has 1 aromatic carbocycles. The van der Waals surface area contributed by atoms with Gasteiger partial charge in [-0.05, 0) is 62.8 Å². The van der Waals surface area contributed by atoms with Crippen LogP contribution in [0.4, 0.5) is 0 Å². The molecule has 2 N–H and O–H groups in total. The van der Waals surface area contributed by atoms with Crippen LogP contribution in [0.15, 0.2) is 30.3 Å². The predicted molar refractivity (Wildman–Crippen MR) is 97.0 cm³/mol. The van der Waals surface area contributed by atoms with Crippen LogP contribution in [-0.4, -0.2) is 46.6 Å². The number of piperidine rings is 1. The fourth-order valence-electron chi connectivity index (χ4n) is 3.24. The van der Waals surface area contributed by atoms with Gasteiger partial charge in [-0.15, -0.1) is 0 Å². The standard InChI is InChI=1S/C20H26N2O3/c1-14(23)18-4-2-3-13-22(18)19(24)12-7-15-5-8-16(9-6-15)20(25)21-17-10-11-17/h5-9,12,14,17-18,23H,2-4,10-11,13H2,1H3,(H,21,25)/b12-7+. The van der Waals surface area contributed by atoms with Crippen molar-refractivity contribution in [3.05, 3.63) is 41.5 Å². The molecule has 0 aromatic heterocycles. The number of amides is 2. The summed E-state index contributed by atoms with van der Waals surface area (Å²) in [5, 5.41) is 12.8. The Morgan fingerprint density at radius 2 is 1.92 bits per heavy atom. The Labute approximate surface area is 148 Å². The lowest BCUT2D eigenvalue weighted by Gasteiger charge is -2.36. The van der Waals surface area contributed by atoms with Crippen LogP contribution < -0.4 is 5.32 Å². The molecule has 134 valence electrons. The van der Waals surface area contributed by atoms with Crippen molar-refractivity contribution in [2.75, 3.05) is 6.54 Å². The zero-order chi connectivity index (χ0) is 17.8. The van der Waals surface area contributed by atoms with Crippen molar-refractivity contribution in [1.29, 1.82) is 0 Å². The number of rotatable bonds is 5. The highest BCUT2D eigenvalue weighted by atomic mass is 16.3. The summed E-state index contributed by atoms with van der Waals surface area (Å²) >= 11 is 0. The van der Waals surface area contributed by atoms with Gasteiger partial charge in [0.15, 0.2) is 0 Å². The highest BCUT2D eigenvalue weighted by molar-refractivity contribution is 5.95. The summed E-state index contributed by atoms with van der Waals surface area (Å²) in [7, 11) is 0. The lowest BCUT2D eigenvalue weighted by molar-refractivity contribution is -0.132. The van der Waals surface area contributed by atoms with E-state index >= 15 is 0 Å². The van der Waals surface area contributed by atoms with E-state index in [0.717, 1.165) is 37.7 Å². The first-order chi connectivity index (χ1) is 12.0. The molecule has 2 fully saturated rings. The summed E-state index contributed by atoms with van der Waals surface area (Å²) in [6, 6.07) is 7.49. The van der Waals surface area contributed by atoms with Crippen LogP contribution in [-0.2, 0) is 4.79 Å². The molecule has 2 amide bonds. The Morgan fingerprint density at radius 3 is 2.56 bits per heavy atom. The molecule has 25 heavy (non-hydrogen) atoms. The third-order valence-electron chi connectivity index (χ3n) is 4.89. The first kappa shape index (κ1) is 17.7. The highest BCUT2D eigenvalue weighted by Gasteiger charge is 2.28. The van der Waals surface area contributed by atoms with Gasteiger partial charge in [0.2, 0.25) is 5.91 Å². The maximum absolute atomic E-state index is 12.5. The van der Waals surface area contributed by atoms with Gasteiger partial charge in [-0.25, -0.2) is 0 Å². The minimum atomic E-state index is -0.512. The first-order valence-corrected chi connectivity index (χ1v) is 9.12. The molecule has 3 rings (SSSR count). The van der Waals surface area contributed by atoms with Crippen LogP contribution in [0.25, 0.3) is 6.08 Å². The monoisotopic (exact) mass is 342 g/mol. The number of nitrogens with zero attached hydrogens (tertiary/aromatic N) is 1. The van der Waals surface area contributed by atoms with Crippen molar-refractivity contribution in [3.63, 3.8) is 0 Å². The minimum absolute atomic E-state index is 0.0396. The van der Waals surface area contributed by atoms with Crippen molar-refractivity contribution >= 4 is 17.9 Å². The zero-order valence-corrected chi connectivity index (χ0v) is 14.6. The Hall–Kier alpha value is -2.14. The van der Waals surface area contributed by atoms with E-state index in [1.807, 2.05) is 12.1 Å². The Bertz CT molecular complexity index is 647. The molecule has 0 bridgehead atoms. The molecular weight excluding hydrogens is 316 g/mol. The Morgan fingerprint density at radius 1 is 1.20 bits per heavy atom. The number of carbonyl (C=O) groups excluding carboxylic acids is 2. The van der Waals surface area contributed by atoms with Crippen LogP contribution in [0.3, 0.4) is 0 Å². The highest BCUT2D eigenvalue weighted by Crippen LogP contribution is 2.21. The van der Waals surface area contributed by atoms with Crippen molar-refractivity contribution in [3.8, 4) is 0 Å². The summed E-state index contributed by atoms with van der Waals surface area (Å²) in [5.74, 6) is -0.108. The molecule has 1 aromatic rings. The number of carbonyl (C=O) groups is 2. The van der Waals surface area contributed by atoms with Gasteiger partial charge in [-0.2, -0.15) is 0 Å². The van der Waals surface area contributed by atoms with Crippen LogP contribution in [0.5, 0.6) is 0 Å². The molecule has 1 heterocycles. The zero-order valence-electron chi connectivity index (χ0n) is 14.6. The van der Waals surface area contributed by atoms with Gasteiger partial charge in [0.1, 0.15) is 0 Å². The molecule has 2 atom stereocenters. The van der Waals surface area contributed by atoms with E-state index in [-0.39, 0.29) is 17.9 Å². The predicted octanol–water partition coefficient (Wildman–Crippen LogP) is 2.35. The van der Waals surface area contributed by atoms with Gasteiger partial charge in [0.05, 0.1) is 12.1 Å². The van der Waals surface area contributed by atoms with Crippen molar-refractivity contribution in [2.24, 2.45) is 0 Å². The van der Waals surface area contributed by atoms with Gasteiger partial charge < -0.3 is 15.3 Å². The third kappa shape index (κ3) is 4.69. The normalized spacial score (nSPS) is 22.0. The maximum Gasteiger partial charge on any atom is 0.251 e. The number of hydrogen-bond acceptors (Lipinski definition) is 3. The minimum Gasteiger partial charge on any atom is -0.391 e. The molecule has 0 radical (unpaired) electrons. The summed E-state index contributed by atoms with van der Waals surface area (Å²) in [4.78, 5) is 26.2. The molecule has 2 aliphatic rings. The molecule has 1 saturated carbocycles. The average molecular weight is 342 g/mol. The van der Waals surface area contributed by atoms with Gasteiger partial charge in [0, 0.05) is 24.2 Å². The lowest BCUT2D eigenvalue weighted by Crippen LogP contribution is -2.48. The molecule has 2 unspecified atom stereocenters. The van der Waals surface area contributed by atoms with E-state index in [2.05, 4.69) is 5.32 Å². The Balaban J connectivity index is 1.60. The molecule has 0 spiro atoms. The number of aliphatic hydroxyl groups excluding tert-OH is 1. The summed E-state index contributed by atoms with van der Waals surface area (Å²) < 4.78 is 0. The van der Waals surface area contributed by atoms with Gasteiger partial charge in [-0.1, -0.05) is 12.1 Å². The number of likely N-dealkylation sites (tertiary alicyclic amines) is 1. The van der Waals surface area contributed by atoms with Crippen molar-refractivity contribution < 1.29 is 14.7 Å². The second-order valence-corrected chi connectivity index (χ2v) is 7.04. The average Bonchev–Trinajstić information content (AvgIpc) is 3.44. The van der Waals surface area contributed by atoms with E-state index in [9.17, 15) is 14.7 Å². The largest absolute Gasteiger partial charge is 0.391 e. The Kier molecular flexibility index (Phi) is 5.53. The molecule has 1 aliphatic heterocycles. The van der Waals surface area contributed by atoms with Gasteiger partial charge >= 0.3 is 0 Å². The second kappa shape index (κ2) is 7.83. The third-order valence-corrected chi connectivity index (χ3v) is 4.89. The van der Waals surface area contributed by atoms with Crippen LogP contribution >= 0.6 is 0 Å². The van der Waals surface area contributed by atoms with Crippen LogP contribution in [0.1, 0.15) is 54.9 Å². The fourth-order valence-corrected chi connectivity index (χ4v) is 3.24. The molecule has 5 nitrogen and oxygen atoms in total. The topological polar surface area (TPSA) is 69.6 Å². The number of aliphatic hydroxyl groups is 1. The van der Waals surface area contributed by atoms with Crippen molar-refractivity contribution in [1.82, 2.24) is 10.2 Å². The summed E-state index contributed by atoms with van der Waals surface area (Å²) in [6.45, 7) is 2.43. The maximum atomic E-state index is 12.5. The van der Waals surface area contributed by atoms with E-state index < -0.39 is 6.10 Å². The van der Waals surface area contributed by atoms with Crippen LogP contribution in [0, 0.1) is 0 Å². The van der Waals surface area contributed by atoms with Gasteiger partial charge in [0.25, 0.3) is 5.91 Å². The second-order valence-electron chi connectivity index (χ2n) is 7.04. The van der Waals surface area contributed by atoms with E-state index in [1.165, 1.54) is 0 Å². The summed E-state index contributed by atoms with van der Waals surface area (Å²) in [5.41, 5.74) is 1.52. The number of benzene rings is 1. The van der Waals surface area contributed by atoms with Crippen LogP contribution in [0.2, 0.25) is 0 Å². The SMILES string of the molecule is CC(O)C1CCCCN1C(=O)/C=C/c1ccc(C(=O)NC2CC2)cc1. The molecule has 1 aliphatic carbocycles. The lowest BCUT2D eigenvalue weighted by atomic mass is 9.98. The van der Waals surface area contributed by atoms with E-state index in [0.29, 0.717) is 18.2 Å². The van der Waals surface area contributed by atoms with E-state index in [1.54, 1.807) is 36.1 Å². The van der Waals surface area contributed by atoms with Gasteiger partial charge in [-0.3, -0.25) is 9.59 Å². The smallest absolute Gasteiger partial charge is 0.251 e.